The van der Waals surface area contributed by atoms with Crippen molar-refractivity contribution < 1.29 is 24.2 Å². The predicted molar refractivity (Wildman–Crippen MR) is 89.0 cm³/mol. The number of rotatable bonds is 7. The number of aliphatic carboxylic acids is 1. The molecule has 2 rings (SSSR count). The molecule has 2 N–H and O–H groups in total. The molecule has 132 valence electrons. The highest BCUT2D eigenvalue weighted by molar-refractivity contribution is 5.92. The van der Waals surface area contributed by atoms with Crippen LogP contribution in [0.2, 0.25) is 0 Å². The first-order valence-corrected chi connectivity index (χ1v) is 8.18. The van der Waals surface area contributed by atoms with Crippen LogP contribution in [0.15, 0.2) is 24.3 Å². The molecule has 1 aromatic rings. The van der Waals surface area contributed by atoms with Gasteiger partial charge in [0.25, 0.3) is 0 Å². The van der Waals surface area contributed by atoms with E-state index in [1.165, 1.54) is 7.11 Å². The van der Waals surface area contributed by atoms with Gasteiger partial charge in [-0.2, -0.15) is 0 Å². The first kappa shape index (κ1) is 18.4. The van der Waals surface area contributed by atoms with Gasteiger partial charge in [0.2, 0.25) is 5.91 Å². The highest BCUT2D eigenvalue weighted by Gasteiger charge is 2.43. The van der Waals surface area contributed by atoms with Crippen LogP contribution in [-0.4, -0.2) is 50.0 Å². The van der Waals surface area contributed by atoms with Crippen LogP contribution in [-0.2, 0) is 24.5 Å². The molecule has 1 heterocycles. The zero-order valence-corrected chi connectivity index (χ0v) is 14.2. The van der Waals surface area contributed by atoms with Crippen LogP contribution in [0, 0.1) is 6.92 Å². The zero-order valence-electron chi connectivity index (χ0n) is 14.2. The number of carbonyl (C=O) groups excluding carboxylic acids is 1. The molecule has 24 heavy (non-hydrogen) atoms. The van der Waals surface area contributed by atoms with Crippen molar-refractivity contribution in [2.75, 3.05) is 26.9 Å². The highest BCUT2D eigenvalue weighted by atomic mass is 16.5. The second kappa shape index (κ2) is 8.26. The smallest absolute Gasteiger partial charge is 0.326 e. The fraction of sp³-hybridized carbons (Fsp3) is 0.556. The van der Waals surface area contributed by atoms with Crippen LogP contribution in [0.5, 0.6) is 0 Å². The summed E-state index contributed by atoms with van der Waals surface area (Å²) in [6, 6.07) is 6.81. The lowest BCUT2D eigenvalue weighted by Crippen LogP contribution is -2.53. The molecule has 6 heteroatoms. The molecule has 1 saturated heterocycles. The third kappa shape index (κ3) is 3.94. The van der Waals surface area contributed by atoms with Gasteiger partial charge < -0.3 is 19.9 Å². The van der Waals surface area contributed by atoms with Crippen molar-refractivity contribution in [1.82, 2.24) is 5.32 Å². The Balaban J connectivity index is 2.29. The third-order valence-corrected chi connectivity index (χ3v) is 4.66. The summed E-state index contributed by atoms with van der Waals surface area (Å²) in [6.45, 7) is 3.21. The van der Waals surface area contributed by atoms with Crippen LogP contribution >= 0.6 is 0 Å². The minimum Gasteiger partial charge on any atom is -0.480 e. The molecule has 0 saturated carbocycles. The number of ether oxygens (including phenoxy) is 2. The molecule has 1 aliphatic heterocycles. The molecule has 0 radical (unpaired) electrons. The van der Waals surface area contributed by atoms with E-state index in [4.69, 9.17) is 9.47 Å². The average molecular weight is 335 g/mol. The van der Waals surface area contributed by atoms with Gasteiger partial charge in [0.1, 0.15) is 6.04 Å². The molecule has 1 aliphatic rings. The number of carboxylic acids is 1. The van der Waals surface area contributed by atoms with Crippen molar-refractivity contribution in [2.45, 2.75) is 37.6 Å². The molecule has 6 nitrogen and oxygen atoms in total. The second-order valence-corrected chi connectivity index (χ2v) is 6.16. The lowest BCUT2D eigenvalue weighted by molar-refractivity contribution is -0.144. The van der Waals surface area contributed by atoms with Gasteiger partial charge in [0.15, 0.2) is 0 Å². The average Bonchev–Trinajstić information content (AvgIpc) is 2.59. The number of carbonyl (C=O) groups is 2. The van der Waals surface area contributed by atoms with E-state index in [1.54, 1.807) is 0 Å². The summed E-state index contributed by atoms with van der Waals surface area (Å²) >= 11 is 0. The Kier molecular flexibility index (Phi) is 6.34. The van der Waals surface area contributed by atoms with E-state index < -0.39 is 17.4 Å². The van der Waals surface area contributed by atoms with Crippen LogP contribution in [0.25, 0.3) is 0 Å². The number of nitrogens with one attached hydrogen (secondary N) is 1. The van der Waals surface area contributed by atoms with Crippen LogP contribution < -0.4 is 5.32 Å². The Morgan fingerprint density at radius 1 is 1.33 bits per heavy atom. The quantitative estimate of drug-likeness (QED) is 0.791. The molecule has 1 amide bonds. The normalized spacial score (nSPS) is 17.9. The van der Waals surface area contributed by atoms with Crippen molar-refractivity contribution in [3.63, 3.8) is 0 Å². The summed E-state index contributed by atoms with van der Waals surface area (Å²) in [6.07, 6.45) is 1.32. The first-order chi connectivity index (χ1) is 11.5. The van der Waals surface area contributed by atoms with Crippen molar-refractivity contribution in [1.29, 1.82) is 0 Å². The molecule has 1 unspecified atom stereocenters. The second-order valence-electron chi connectivity index (χ2n) is 6.16. The molecule has 0 bridgehead atoms. The third-order valence-electron chi connectivity index (χ3n) is 4.66. The Hall–Kier alpha value is -1.92. The fourth-order valence-electron chi connectivity index (χ4n) is 3.24. The van der Waals surface area contributed by atoms with Gasteiger partial charge in [-0.3, -0.25) is 4.79 Å². The topological polar surface area (TPSA) is 84.9 Å². The maximum absolute atomic E-state index is 13.1. The summed E-state index contributed by atoms with van der Waals surface area (Å²) in [7, 11) is 1.51. The maximum atomic E-state index is 13.1. The van der Waals surface area contributed by atoms with Crippen LogP contribution in [0.4, 0.5) is 0 Å². The van der Waals surface area contributed by atoms with Crippen LogP contribution in [0.3, 0.4) is 0 Å². The van der Waals surface area contributed by atoms with Crippen molar-refractivity contribution in [3.05, 3.63) is 35.4 Å². The lowest BCUT2D eigenvalue weighted by atomic mass is 9.71. The number of hydrogen-bond donors (Lipinski definition) is 2. The monoisotopic (exact) mass is 335 g/mol. The molecular weight excluding hydrogens is 310 g/mol. The number of benzene rings is 1. The van der Waals surface area contributed by atoms with E-state index >= 15 is 0 Å². The van der Waals surface area contributed by atoms with Crippen molar-refractivity contribution >= 4 is 11.9 Å². The summed E-state index contributed by atoms with van der Waals surface area (Å²) in [5.74, 6) is -1.30. The molecule has 1 atom stereocenters. The number of carboxylic acid groups (broad SMARTS) is 1. The number of methoxy groups -OCH3 is 1. The predicted octanol–water partition coefficient (Wildman–Crippen LogP) is 1.65. The van der Waals surface area contributed by atoms with Gasteiger partial charge in [-0.1, -0.05) is 24.3 Å². The van der Waals surface area contributed by atoms with Gasteiger partial charge in [-0.15, -0.1) is 0 Å². The van der Waals surface area contributed by atoms with E-state index in [9.17, 15) is 14.7 Å². The van der Waals surface area contributed by atoms with Gasteiger partial charge >= 0.3 is 5.97 Å². The zero-order chi connectivity index (χ0) is 17.6. The SMILES string of the molecule is COCCC(NC(=O)C1(c2ccccc2C)CCOCC1)C(=O)O. The summed E-state index contributed by atoms with van der Waals surface area (Å²) in [4.78, 5) is 24.5. The van der Waals surface area contributed by atoms with E-state index in [2.05, 4.69) is 5.32 Å². The van der Waals surface area contributed by atoms with Crippen LogP contribution in [0.1, 0.15) is 30.4 Å². The van der Waals surface area contributed by atoms with E-state index in [0.29, 0.717) is 26.1 Å². The van der Waals surface area contributed by atoms with Gasteiger partial charge in [0, 0.05) is 33.4 Å². The van der Waals surface area contributed by atoms with E-state index in [0.717, 1.165) is 11.1 Å². The molecule has 0 aromatic heterocycles. The highest BCUT2D eigenvalue weighted by Crippen LogP contribution is 2.37. The standard InChI is InChI=1S/C18H25NO5/c1-13-5-3-4-6-14(13)18(8-11-24-12-9-18)17(22)19-15(16(20)21)7-10-23-2/h3-6,15H,7-12H2,1-2H3,(H,19,22)(H,20,21). The largest absolute Gasteiger partial charge is 0.480 e. The minimum atomic E-state index is -1.05. The number of aryl methyl sites for hydroxylation is 1. The first-order valence-electron chi connectivity index (χ1n) is 8.18. The summed E-state index contributed by atoms with van der Waals surface area (Å²) < 4.78 is 10.4. The number of hydrogen-bond acceptors (Lipinski definition) is 4. The van der Waals surface area contributed by atoms with Crippen molar-refractivity contribution in [2.24, 2.45) is 0 Å². The summed E-state index contributed by atoms with van der Waals surface area (Å²) in [5, 5.41) is 12.1. The molecule has 1 fully saturated rings. The van der Waals surface area contributed by atoms with Gasteiger partial charge in [0.05, 0.1) is 5.41 Å². The fourth-order valence-corrected chi connectivity index (χ4v) is 3.24. The van der Waals surface area contributed by atoms with Gasteiger partial charge in [-0.25, -0.2) is 4.79 Å². The molecule has 0 spiro atoms. The van der Waals surface area contributed by atoms with E-state index in [1.807, 2.05) is 31.2 Å². The molecule has 0 aliphatic carbocycles. The Labute approximate surface area is 142 Å². The maximum Gasteiger partial charge on any atom is 0.326 e. The van der Waals surface area contributed by atoms with Gasteiger partial charge in [-0.05, 0) is 30.9 Å². The van der Waals surface area contributed by atoms with Crippen molar-refractivity contribution in [3.8, 4) is 0 Å². The Morgan fingerprint density at radius 3 is 2.58 bits per heavy atom. The van der Waals surface area contributed by atoms with E-state index in [-0.39, 0.29) is 18.9 Å². The number of amides is 1. The molecule has 1 aromatic carbocycles. The Morgan fingerprint density at radius 2 is 2.00 bits per heavy atom. The molecular formula is C18H25NO5. The Bertz CT molecular complexity index is 581. The minimum absolute atomic E-state index is 0.234. The lowest BCUT2D eigenvalue weighted by Gasteiger charge is -2.38. The summed E-state index contributed by atoms with van der Waals surface area (Å²) in [5.41, 5.74) is 1.23.